The minimum Gasteiger partial charge on any atom is -0.348 e. The lowest BCUT2D eigenvalue weighted by molar-refractivity contribution is -0.133. The lowest BCUT2D eigenvalue weighted by atomic mass is 9.99. The van der Waals surface area contributed by atoms with E-state index in [1.165, 1.54) is 12.1 Å². The zero-order valence-electron chi connectivity index (χ0n) is 14.7. The van der Waals surface area contributed by atoms with Crippen molar-refractivity contribution in [2.24, 2.45) is 0 Å². The van der Waals surface area contributed by atoms with Crippen LogP contribution in [0.1, 0.15) is 38.1 Å². The number of rotatable bonds is 3. The maximum atomic E-state index is 14.4. The Kier molecular flexibility index (Phi) is 4.64. The van der Waals surface area contributed by atoms with Gasteiger partial charge in [0.25, 0.3) is 0 Å². The van der Waals surface area contributed by atoms with Gasteiger partial charge >= 0.3 is 0 Å². The normalized spacial score (nSPS) is 17.5. The number of hydrogen-bond donors (Lipinski definition) is 1. The van der Waals surface area contributed by atoms with E-state index in [2.05, 4.69) is 5.32 Å². The smallest absolute Gasteiger partial charge is 0.237 e. The van der Waals surface area contributed by atoms with Crippen molar-refractivity contribution < 1.29 is 13.6 Å². The summed E-state index contributed by atoms with van der Waals surface area (Å²) in [5.41, 5.74) is 0.952. The van der Waals surface area contributed by atoms with Gasteiger partial charge in [0, 0.05) is 42.1 Å². The summed E-state index contributed by atoms with van der Waals surface area (Å²) in [6, 6.07) is 6.73. The molecule has 1 aromatic heterocycles. The topological polar surface area (TPSA) is 37.3 Å². The fraction of sp³-hybridized carbons (Fsp3) is 0.421. The second-order valence-corrected chi connectivity index (χ2v) is 7.39. The van der Waals surface area contributed by atoms with Crippen LogP contribution in [0.2, 0.25) is 0 Å². The number of amides is 1. The van der Waals surface area contributed by atoms with Crippen LogP contribution in [-0.2, 0) is 11.3 Å². The van der Waals surface area contributed by atoms with E-state index < -0.39 is 17.7 Å². The van der Waals surface area contributed by atoms with Gasteiger partial charge in [0.15, 0.2) is 0 Å². The number of hydrogen-bond acceptors (Lipinski definition) is 2. The zero-order valence-corrected chi connectivity index (χ0v) is 14.7. The van der Waals surface area contributed by atoms with E-state index in [0.717, 1.165) is 11.8 Å². The molecule has 4 nitrogen and oxygen atoms in total. The third-order valence-electron chi connectivity index (χ3n) is 4.39. The molecular formula is C19H23F2N3O. The molecule has 2 aromatic rings. The Morgan fingerprint density at radius 1 is 1.24 bits per heavy atom. The number of nitrogens with zero attached hydrogens (tertiary/aromatic N) is 2. The van der Waals surface area contributed by atoms with Crippen LogP contribution in [0.5, 0.6) is 0 Å². The van der Waals surface area contributed by atoms with Crippen molar-refractivity contribution in [3.63, 3.8) is 0 Å². The highest BCUT2D eigenvalue weighted by Gasteiger charge is 2.34. The molecule has 25 heavy (non-hydrogen) atoms. The van der Waals surface area contributed by atoms with Gasteiger partial charge in [0.05, 0.1) is 6.54 Å². The highest BCUT2D eigenvalue weighted by atomic mass is 19.1. The molecule has 1 aliphatic rings. The van der Waals surface area contributed by atoms with Crippen LogP contribution in [0.3, 0.4) is 0 Å². The maximum absolute atomic E-state index is 14.4. The molecular weight excluding hydrogens is 324 g/mol. The molecule has 0 radical (unpaired) electrons. The van der Waals surface area contributed by atoms with Crippen molar-refractivity contribution >= 4 is 5.91 Å². The summed E-state index contributed by atoms with van der Waals surface area (Å²) < 4.78 is 29.8. The zero-order chi connectivity index (χ0) is 18.2. The molecule has 0 spiro atoms. The molecule has 134 valence electrons. The fourth-order valence-electron chi connectivity index (χ4n) is 3.14. The van der Waals surface area contributed by atoms with E-state index in [4.69, 9.17) is 0 Å². The Morgan fingerprint density at radius 2 is 2.00 bits per heavy atom. The summed E-state index contributed by atoms with van der Waals surface area (Å²) in [5.74, 6) is -1.36. The van der Waals surface area contributed by atoms with Crippen LogP contribution in [0.4, 0.5) is 8.78 Å². The van der Waals surface area contributed by atoms with Crippen LogP contribution in [0.25, 0.3) is 0 Å². The number of benzene rings is 1. The van der Waals surface area contributed by atoms with E-state index in [-0.39, 0.29) is 18.0 Å². The van der Waals surface area contributed by atoms with Crippen LogP contribution in [0, 0.1) is 11.6 Å². The molecule has 2 heterocycles. The molecule has 1 unspecified atom stereocenters. The lowest BCUT2D eigenvalue weighted by Crippen LogP contribution is -2.49. The molecule has 0 fully saturated rings. The van der Waals surface area contributed by atoms with Gasteiger partial charge in [-0.25, -0.2) is 8.78 Å². The predicted octanol–water partition coefficient (Wildman–Crippen LogP) is 3.09. The molecule has 1 aromatic carbocycles. The Hall–Kier alpha value is -2.21. The van der Waals surface area contributed by atoms with Crippen molar-refractivity contribution in [1.82, 2.24) is 14.8 Å². The second kappa shape index (κ2) is 6.59. The summed E-state index contributed by atoms with van der Waals surface area (Å²) >= 11 is 0. The minimum absolute atomic E-state index is 0.101. The molecule has 3 rings (SSSR count). The monoisotopic (exact) mass is 347 g/mol. The van der Waals surface area contributed by atoms with E-state index in [1.807, 2.05) is 43.7 Å². The van der Waals surface area contributed by atoms with Crippen molar-refractivity contribution in [1.29, 1.82) is 0 Å². The van der Waals surface area contributed by atoms with E-state index in [0.29, 0.717) is 18.7 Å². The quantitative estimate of drug-likeness (QED) is 0.926. The van der Waals surface area contributed by atoms with Gasteiger partial charge in [-0.1, -0.05) is 6.07 Å². The maximum Gasteiger partial charge on any atom is 0.237 e. The van der Waals surface area contributed by atoms with Gasteiger partial charge in [-0.3, -0.25) is 4.79 Å². The Labute approximate surface area is 146 Å². The Morgan fingerprint density at radius 3 is 2.68 bits per heavy atom. The molecule has 0 saturated carbocycles. The van der Waals surface area contributed by atoms with Crippen molar-refractivity contribution in [3.8, 4) is 0 Å². The SMILES string of the molecule is CC(C)(C)NCC(=O)N1CCn2cccc2C1c1ccc(F)cc1F. The Balaban J connectivity index is 1.96. The minimum atomic E-state index is -0.638. The van der Waals surface area contributed by atoms with Gasteiger partial charge in [-0.2, -0.15) is 0 Å². The van der Waals surface area contributed by atoms with Crippen LogP contribution in [0.15, 0.2) is 36.5 Å². The number of nitrogens with one attached hydrogen (secondary N) is 1. The molecule has 1 amide bonds. The first-order valence-electron chi connectivity index (χ1n) is 8.41. The average Bonchev–Trinajstić information content (AvgIpc) is 3.00. The van der Waals surface area contributed by atoms with E-state index in [1.54, 1.807) is 4.90 Å². The van der Waals surface area contributed by atoms with Crippen molar-refractivity contribution in [3.05, 3.63) is 59.4 Å². The number of aromatic nitrogens is 1. The first kappa shape index (κ1) is 17.6. The second-order valence-electron chi connectivity index (χ2n) is 7.39. The number of fused-ring (bicyclic) bond motifs is 1. The van der Waals surface area contributed by atoms with Gasteiger partial charge in [0.1, 0.15) is 17.7 Å². The predicted molar refractivity (Wildman–Crippen MR) is 92.1 cm³/mol. The van der Waals surface area contributed by atoms with Crippen molar-refractivity contribution in [2.75, 3.05) is 13.1 Å². The average molecular weight is 347 g/mol. The fourth-order valence-corrected chi connectivity index (χ4v) is 3.14. The first-order valence-corrected chi connectivity index (χ1v) is 8.41. The van der Waals surface area contributed by atoms with Crippen LogP contribution in [-0.4, -0.2) is 34.0 Å². The molecule has 0 bridgehead atoms. The number of carbonyl (C=O) groups is 1. The summed E-state index contributed by atoms with van der Waals surface area (Å²) in [6.07, 6.45) is 1.92. The number of halogens is 2. The summed E-state index contributed by atoms with van der Waals surface area (Å²) in [5, 5.41) is 3.18. The first-order chi connectivity index (χ1) is 11.8. The van der Waals surface area contributed by atoms with Crippen LogP contribution < -0.4 is 5.32 Å². The lowest BCUT2D eigenvalue weighted by Gasteiger charge is -2.38. The highest BCUT2D eigenvalue weighted by Crippen LogP contribution is 2.34. The molecule has 6 heteroatoms. The van der Waals surface area contributed by atoms with Crippen molar-refractivity contribution in [2.45, 2.75) is 38.9 Å². The van der Waals surface area contributed by atoms with E-state index in [9.17, 15) is 13.6 Å². The van der Waals surface area contributed by atoms with Crippen LogP contribution >= 0.6 is 0 Å². The molecule has 0 saturated heterocycles. The third kappa shape index (κ3) is 3.74. The largest absolute Gasteiger partial charge is 0.348 e. The standard InChI is InChI=1S/C19H23F2N3O/c1-19(2,3)22-12-17(25)24-10-9-23-8-4-5-16(23)18(24)14-7-6-13(20)11-15(14)21/h4-8,11,18,22H,9-10,12H2,1-3H3. The molecule has 0 aliphatic carbocycles. The third-order valence-corrected chi connectivity index (χ3v) is 4.39. The summed E-state index contributed by atoms with van der Waals surface area (Å²) in [7, 11) is 0. The van der Waals surface area contributed by atoms with E-state index >= 15 is 0 Å². The van der Waals surface area contributed by atoms with Gasteiger partial charge in [-0.15, -0.1) is 0 Å². The molecule has 1 aliphatic heterocycles. The van der Waals surface area contributed by atoms with Gasteiger partial charge in [-0.05, 0) is 39.0 Å². The van der Waals surface area contributed by atoms with Gasteiger partial charge < -0.3 is 14.8 Å². The van der Waals surface area contributed by atoms with Gasteiger partial charge in [0.2, 0.25) is 5.91 Å². The Bertz CT molecular complexity index is 779. The molecule has 1 N–H and O–H groups in total. The molecule has 1 atom stereocenters. The highest BCUT2D eigenvalue weighted by molar-refractivity contribution is 5.79. The number of carbonyl (C=O) groups excluding carboxylic acids is 1. The summed E-state index contributed by atoms with van der Waals surface area (Å²) in [6.45, 7) is 7.26. The summed E-state index contributed by atoms with van der Waals surface area (Å²) in [4.78, 5) is 14.5.